The smallest absolute Gasteiger partial charge is 0.204 e. The Morgan fingerprint density at radius 3 is 3.05 bits per heavy atom. The number of fused-ring (bicyclic) bond motifs is 1. The van der Waals surface area contributed by atoms with Crippen molar-refractivity contribution in [2.75, 3.05) is 18.5 Å². The maximum atomic E-state index is 9.48. The lowest BCUT2D eigenvalue weighted by Crippen LogP contribution is -2.26. The molecular weight excluding hydrogens is 266 g/mol. The third kappa shape index (κ3) is 3.36. The average molecular weight is 289 g/mol. The summed E-state index contributed by atoms with van der Waals surface area (Å²) in [6.07, 6.45) is 3.34. The molecule has 0 radical (unpaired) electrons. The molecule has 2 atom stereocenters. The molecule has 0 saturated carbocycles. The number of hydrogen-bond donors (Lipinski definition) is 2. The van der Waals surface area contributed by atoms with Gasteiger partial charge in [0.2, 0.25) is 5.95 Å². The Kier molecular flexibility index (Phi) is 4.41. The van der Waals surface area contributed by atoms with Gasteiger partial charge in [0.1, 0.15) is 0 Å². The number of benzene rings is 1. The molecule has 3 rings (SSSR count). The second-order valence-corrected chi connectivity index (χ2v) is 5.75. The van der Waals surface area contributed by atoms with Gasteiger partial charge in [-0.05, 0) is 38.3 Å². The number of nitrogens with one attached hydrogen (secondary N) is 1. The zero-order valence-corrected chi connectivity index (χ0v) is 12.5. The van der Waals surface area contributed by atoms with E-state index in [0.29, 0.717) is 6.54 Å². The van der Waals surface area contributed by atoms with Gasteiger partial charge >= 0.3 is 0 Å². The molecule has 1 fully saturated rings. The number of para-hydroxylation sites is 2. The van der Waals surface area contributed by atoms with Crippen LogP contribution in [-0.2, 0) is 11.3 Å². The highest BCUT2D eigenvalue weighted by Crippen LogP contribution is 2.23. The fraction of sp³-hybridized carbons (Fsp3) is 0.562. The van der Waals surface area contributed by atoms with Gasteiger partial charge in [0, 0.05) is 13.2 Å². The first-order valence-electron chi connectivity index (χ1n) is 7.73. The van der Waals surface area contributed by atoms with Crippen LogP contribution in [0.3, 0.4) is 0 Å². The Hall–Kier alpha value is -1.59. The van der Waals surface area contributed by atoms with E-state index in [1.165, 1.54) is 6.42 Å². The SMILES string of the molecule is CC(O)CNc1nc2ccccc2n1CC1CCCCO1. The molecule has 5 heteroatoms. The lowest BCUT2D eigenvalue weighted by atomic mass is 10.1. The topological polar surface area (TPSA) is 59.3 Å². The maximum absolute atomic E-state index is 9.48. The summed E-state index contributed by atoms with van der Waals surface area (Å²) in [4.78, 5) is 4.64. The van der Waals surface area contributed by atoms with Gasteiger partial charge in [-0.25, -0.2) is 4.98 Å². The summed E-state index contributed by atoms with van der Waals surface area (Å²) in [6, 6.07) is 8.12. The standard InChI is InChI=1S/C16H23N3O2/c1-12(20)10-17-16-18-14-7-2-3-8-15(14)19(16)11-13-6-4-5-9-21-13/h2-3,7-8,12-13,20H,4-6,9-11H2,1H3,(H,17,18). The lowest BCUT2D eigenvalue weighted by molar-refractivity contribution is 0.00690. The van der Waals surface area contributed by atoms with Crippen LogP contribution in [0.25, 0.3) is 11.0 Å². The molecule has 0 bridgehead atoms. The predicted octanol–water partition coefficient (Wildman–Crippen LogP) is 2.40. The molecule has 114 valence electrons. The molecule has 1 aliphatic rings. The van der Waals surface area contributed by atoms with Gasteiger partial charge in [0.05, 0.1) is 29.8 Å². The van der Waals surface area contributed by atoms with Crippen molar-refractivity contribution in [2.24, 2.45) is 0 Å². The molecular formula is C16H23N3O2. The molecule has 21 heavy (non-hydrogen) atoms. The van der Waals surface area contributed by atoms with E-state index >= 15 is 0 Å². The van der Waals surface area contributed by atoms with E-state index in [2.05, 4.69) is 20.9 Å². The summed E-state index contributed by atoms with van der Waals surface area (Å²) in [5, 5.41) is 12.7. The van der Waals surface area contributed by atoms with Crippen molar-refractivity contribution in [3.8, 4) is 0 Å². The van der Waals surface area contributed by atoms with E-state index < -0.39 is 6.10 Å². The number of rotatable bonds is 5. The molecule has 0 aliphatic carbocycles. The second kappa shape index (κ2) is 6.45. The van der Waals surface area contributed by atoms with Crippen molar-refractivity contribution in [2.45, 2.75) is 44.9 Å². The zero-order chi connectivity index (χ0) is 14.7. The Balaban J connectivity index is 1.87. The minimum atomic E-state index is -0.399. The molecule has 2 heterocycles. The minimum absolute atomic E-state index is 0.253. The van der Waals surface area contributed by atoms with Crippen LogP contribution in [0, 0.1) is 0 Å². The molecule has 1 aliphatic heterocycles. The van der Waals surface area contributed by atoms with Crippen molar-refractivity contribution in [1.82, 2.24) is 9.55 Å². The second-order valence-electron chi connectivity index (χ2n) is 5.75. The third-order valence-corrected chi connectivity index (χ3v) is 3.87. The van der Waals surface area contributed by atoms with Crippen LogP contribution in [0.5, 0.6) is 0 Å². The number of hydrogen-bond acceptors (Lipinski definition) is 4. The number of anilines is 1. The number of imidazole rings is 1. The molecule has 5 nitrogen and oxygen atoms in total. The van der Waals surface area contributed by atoms with Gasteiger partial charge < -0.3 is 19.7 Å². The van der Waals surface area contributed by atoms with Crippen molar-refractivity contribution in [1.29, 1.82) is 0 Å². The molecule has 1 aromatic carbocycles. The van der Waals surface area contributed by atoms with Gasteiger partial charge in [-0.3, -0.25) is 0 Å². The fourth-order valence-electron chi connectivity index (χ4n) is 2.79. The third-order valence-electron chi connectivity index (χ3n) is 3.87. The molecule has 0 spiro atoms. The summed E-state index contributed by atoms with van der Waals surface area (Å²) in [5.74, 6) is 0.811. The first-order chi connectivity index (χ1) is 10.2. The van der Waals surface area contributed by atoms with E-state index in [9.17, 15) is 5.11 Å². The van der Waals surface area contributed by atoms with Crippen LogP contribution >= 0.6 is 0 Å². The average Bonchev–Trinajstić information content (AvgIpc) is 2.84. The summed E-state index contributed by atoms with van der Waals surface area (Å²) < 4.78 is 8.03. The number of ether oxygens (including phenoxy) is 1. The highest BCUT2D eigenvalue weighted by Gasteiger charge is 2.18. The minimum Gasteiger partial charge on any atom is -0.392 e. The van der Waals surface area contributed by atoms with Gasteiger partial charge in [-0.1, -0.05) is 12.1 Å². The molecule has 0 amide bonds. The van der Waals surface area contributed by atoms with Gasteiger partial charge in [0.15, 0.2) is 0 Å². The predicted molar refractivity (Wildman–Crippen MR) is 83.5 cm³/mol. The van der Waals surface area contributed by atoms with Crippen LogP contribution in [-0.4, -0.2) is 40.0 Å². The van der Waals surface area contributed by atoms with Crippen molar-refractivity contribution in [3.63, 3.8) is 0 Å². The first kappa shape index (κ1) is 14.4. The molecule has 1 aromatic heterocycles. The number of aromatic nitrogens is 2. The van der Waals surface area contributed by atoms with E-state index in [-0.39, 0.29) is 6.10 Å². The fourth-order valence-corrected chi connectivity index (χ4v) is 2.79. The first-order valence-corrected chi connectivity index (χ1v) is 7.73. The van der Waals surface area contributed by atoms with Crippen LogP contribution < -0.4 is 5.32 Å². The largest absolute Gasteiger partial charge is 0.392 e. The zero-order valence-electron chi connectivity index (χ0n) is 12.5. The highest BCUT2D eigenvalue weighted by atomic mass is 16.5. The highest BCUT2D eigenvalue weighted by molar-refractivity contribution is 5.78. The van der Waals surface area contributed by atoms with Gasteiger partial charge in [-0.2, -0.15) is 0 Å². The Labute approximate surface area is 124 Å². The molecule has 2 unspecified atom stereocenters. The van der Waals surface area contributed by atoms with Crippen molar-refractivity contribution in [3.05, 3.63) is 24.3 Å². The van der Waals surface area contributed by atoms with Crippen LogP contribution in [0.15, 0.2) is 24.3 Å². The monoisotopic (exact) mass is 289 g/mol. The number of nitrogens with zero attached hydrogens (tertiary/aromatic N) is 2. The summed E-state index contributed by atoms with van der Waals surface area (Å²) in [6.45, 7) is 3.93. The summed E-state index contributed by atoms with van der Waals surface area (Å²) in [5.41, 5.74) is 2.08. The van der Waals surface area contributed by atoms with Gasteiger partial charge in [-0.15, -0.1) is 0 Å². The Morgan fingerprint density at radius 2 is 2.29 bits per heavy atom. The van der Waals surface area contributed by atoms with E-state index in [0.717, 1.165) is 43.0 Å². The van der Waals surface area contributed by atoms with E-state index in [4.69, 9.17) is 4.74 Å². The van der Waals surface area contributed by atoms with Crippen LogP contribution in [0.1, 0.15) is 26.2 Å². The van der Waals surface area contributed by atoms with Gasteiger partial charge in [0.25, 0.3) is 0 Å². The molecule has 1 saturated heterocycles. The normalized spacial score (nSPS) is 20.6. The lowest BCUT2D eigenvalue weighted by Gasteiger charge is -2.24. The Morgan fingerprint density at radius 1 is 1.43 bits per heavy atom. The maximum Gasteiger partial charge on any atom is 0.204 e. The van der Waals surface area contributed by atoms with E-state index in [1.807, 2.05) is 18.2 Å². The van der Waals surface area contributed by atoms with Crippen molar-refractivity contribution >= 4 is 17.0 Å². The summed E-state index contributed by atoms with van der Waals surface area (Å²) >= 11 is 0. The molecule has 2 aromatic rings. The van der Waals surface area contributed by atoms with Crippen LogP contribution in [0.2, 0.25) is 0 Å². The van der Waals surface area contributed by atoms with E-state index in [1.54, 1.807) is 6.92 Å². The quantitative estimate of drug-likeness (QED) is 0.887. The number of aliphatic hydroxyl groups is 1. The van der Waals surface area contributed by atoms with Crippen molar-refractivity contribution < 1.29 is 9.84 Å². The number of aliphatic hydroxyl groups excluding tert-OH is 1. The van der Waals surface area contributed by atoms with Crippen LogP contribution in [0.4, 0.5) is 5.95 Å². The molecule has 2 N–H and O–H groups in total. The summed E-state index contributed by atoms with van der Waals surface area (Å²) in [7, 11) is 0. The Bertz CT molecular complexity index is 588.